The molecule has 11 heteroatoms. The predicted molar refractivity (Wildman–Crippen MR) is 161 cm³/mol. The smallest absolute Gasteiger partial charge is 0.335 e. The van der Waals surface area contributed by atoms with E-state index < -0.39 is 11.8 Å². The van der Waals surface area contributed by atoms with Gasteiger partial charge in [-0.05, 0) is 81.0 Å². The van der Waals surface area contributed by atoms with Crippen LogP contribution in [-0.4, -0.2) is 39.3 Å². The normalized spacial score (nSPS) is 26.7. The Morgan fingerprint density at radius 1 is 1.12 bits per heavy atom. The number of nitrogens with zero attached hydrogens (tertiary/aromatic N) is 3. The molecule has 2 aromatic heterocycles. The first-order chi connectivity index (χ1) is 20.3. The monoisotopic (exact) mass is 626 g/mol. The van der Waals surface area contributed by atoms with Crippen molar-refractivity contribution in [1.82, 2.24) is 15.5 Å². The summed E-state index contributed by atoms with van der Waals surface area (Å²) in [6.07, 6.45) is 8.89. The van der Waals surface area contributed by atoms with E-state index in [2.05, 4.69) is 20.4 Å². The van der Waals surface area contributed by atoms with Gasteiger partial charge in [-0.1, -0.05) is 45.8 Å². The summed E-state index contributed by atoms with van der Waals surface area (Å²) in [6.45, 7) is 0.668. The van der Waals surface area contributed by atoms with Gasteiger partial charge in [-0.3, -0.25) is 0 Å². The van der Waals surface area contributed by atoms with E-state index in [1.165, 1.54) is 17.4 Å². The number of aromatic carboxylic acids is 1. The van der Waals surface area contributed by atoms with Crippen molar-refractivity contribution in [3.63, 3.8) is 0 Å². The fraction of sp³-hybridized carbons (Fsp3) is 0.452. The molecule has 4 heterocycles. The zero-order valence-electron chi connectivity index (χ0n) is 22.7. The number of benzene rings is 2. The molecule has 2 saturated heterocycles. The summed E-state index contributed by atoms with van der Waals surface area (Å²) in [6, 6.07) is 9.27. The van der Waals surface area contributed by atoms with Gasteiger partial charge in [0.25, 0.3) is 0 Å². The van der Waals surface area contributed by atoms with Gasteiger partial charge >= 0.3 is 5.97 Å². The van der Waals surface area contributed by atoms with E-state index in [0.717, 1.165) is 85.1 Å². The molecule has 2 saturated carbocycles. The lowest BCUT2D eigenvalue weighted by atomic mass is 9.58. The first-order valence-corrected chi connectivity index (χ1v) is 16.1. The van der Waals surface area contributed by atoms with Crippen LogP contribution in [0.25, 0.3) is 21.5 Å². The number of carboxylic acid groups (broad SMARTS) is 1. The van der Waals surface area contributed by atoms with E-state index >= 15 is 0 Å². The first kappa shape index (κ1) is 26.9. The number of halogens is 3. The molecule has 218 valence electrons. The van der Waals surface area contributed by atoms with Crippen LogP contribution in [0.2, 0.25) is 10.0 Å². The number of hydrogen-bond donors (Lipinski definition) is 2. The third-order valence-electron chi connectivity index (χ3n) is 9.75. The van der Waals surface area contributed by atoms with E-state index in [0.29, 0.717) is 50.7 Å². The van der Waals surface area contributed by atoms with Gasteiger partial charge in [0.1, 0.15) is 17.0 Å². The second-order valence-corrected chi connectivity index (χ2v) is 14.4. The number of piperidine rings is 1. The van der Waals surface area contributed by atoms with Gasteiger partial charge in [0.2, 0.25) is 0 Å². The predicted octanol–water partition coefficient (Wildman–Crippen LogP) is 8.04. The van der Waals surface area contributed by atoms with Crippen LogP contribution in [0.3, 0.4) is 0 Å². The highest BCUT2D eigenvalue weighted by Gasteiger charge is 2.54. The number of rotatable bonds is 7. The molecule has 0 amide bonds. The molecule has 8 rings (SSSR count). The average molecular weight is 628 g/mol. The van der Waals surface area contributed by atoms with Gasteiger partial charge in [0.15, 0.2) is 10.9 Å². The molecule has 2 bridgehead atoms. The summed E-state index contributed by atoms with van der Waals surface area (Å²) < 4.78 is 21.1. The van der Waals surface area contributed by atoms with Crippen LogP contribution in [0.1, 0.15) is 79.0 Å². The molecule has 1 spiro atoms. The molecule has 2 N–H and O–H groups in total. The van der Waals surface area contributed by atoms with Crippen LogP contribution in [0.4, 0.5) is 9.52 Å². The molecular weight excluding hydrogens is 598 g/mol. The molecule has 42 heavy (non-hydrogen) atoms. The summed E-state index contributed by atoms with van der Waals surface area (Å²) in [4.78, 5) is 18.5. The van der Waals surface area contributed by atoms with Gasteiger partial charge in [0.05, 0.1) is 20.3 Å². The molecule has 2 aliphatic heterocycles. The summed E-state index contributed by atoms with van der Waals surface area (Å²) >= 11 is 14.5. The molecule has 4 fully saturated rings. The SMILES string of the molecule is O=C(O)c1cc(F)c2nc(N3C4CCC3CC3(CC(NCc5c(-c6c(Cl)cccc6Cl)noc5C5CC5)C3)C4)sc2c1. The largest absolute Gasteiger partial charge is 0.478 e. The van der Waals surface area contributed by atoms with Crippen LogP contribution < -0.4 is 10.2 Å². The Morgan fingerprint density at radius 2 is 1.83 bits per heavy atom. The summed E-state index contributed by atoms with van der Waals surface area (Å²) in [7, 11) is 0. The Bertz CT molecular complexity index is 1690. The van der Waals surface area contributed by atoms with Crippen LogP contribution in [0.15, 0.2) is 34.9 Å². The third kappa shape index (κ3) is 4.43. The van der Waals surface area contributed by atoms with Gasteiger partial charge in [-0.15, -0.1) is 0 Å². The molecule has 2 unspecified atom stereocenters. The Hall–Kier alpha value is -2.72. The minimum atomic E-state index is -1.13. The number of hydrogen-bond acceptors (Lipinski definition) is 7. The lowest BCUT2D eigenvalue weighted by molar-refractivity contribution is 0.0348. The number of anilines is 1. The second kappa shape index (κ2) is 9.91. The van der Waals surface area contributed by atoms with Gasteiger partial charge in [-0.25, -0.2) is 14.2 Å². The number of nitrogens with one attached hydrogen (secondary N) is 1. The van der Waals surface area contributed by atoms with E-state index in [-0.39, 0.29) is 11.1 Å². The lowest BCUT2D eigenvalue weighted by Gasteiger charge is -2.55. The minimum Gasteiger partial charge on any atom is -0.478 e. The molecule has 4 aromatic rings. The zero-order chi connectivity index (χ0) is 28.7. The quantitative estimate of drug-likeness (QED) is 0.214. The highest BCUT2D eigenvalue weighted by molar-refractivity contribution is 7.22. The van der Waals surface area contributed by atoms with Crippen LogP contribution in [-0.2, 0) is 6.54 Å². The van der Waals surface area contributed by atoms with Crippen molar-refractivity contribution in [1.29, 1.82) is 0 Å². The standard InChI is InChI=1S/C31H29Cl2FN4O3S/c32-21-2-1-3-22(33)25(21)26-20(28(41-37-26)15-4-5-15)14-35-17-10-31(11-17)12-18-6-7-19(13-31)38(18)30-36-27-23(34)8-16(29(39)40)9-24(27)42-30/h1-3,8-9,15,17-19,35H,4-7,10-14H2,(H,39,40). The number of aromatic nitrogens is 2. The highest BCUT2D eigenvalue weighted by atomic mass is 35.5. The summed E-state index contributed by atoms with van der Waals surface area (Å²) in [5.41, 5.74) is 3.07. The van der Waals surface area contributed by atoms with E-state index in [9.17, 15) is 14.3 Å². The molecule has 2 aliphatic carbocycles. The van der Waals surface area contributed by atoms with Crippen molar-refractivity contribution in [2.75, 3.05) is 4.90 Å². The fourth-order valence-electron chi connectivity index (χ4n) is 7.76. The molecular formula is C31H29Cl2FN4O3S. The maximum Gasteiger partial charge on any atom is 0.335 e. The van der Waals surface area contributed by atoms with Crippen molar-refractivity contribution in [2.24, 2.45) is 5.41 Å². The average Bonchev–Trinajstić information content (AvgIpc) is 3.45. The summed E-state index contributed by atoms with van der Waals surface area (Å²) in [5.74, 6) is -0.324. The van der Waals surface area contributed by atoms with Crippen molar-refractivity contribution < 1.29 is 18.8 Å². The maximum absolute atomic E-state index is 14.7. The van der Waals surface area contributed by atoms with Crippen molar-refractivity contribution in [2.45, 2.75) is 82.0 Å². The fourth-order valence-corrected chi connectivity index (χ4v) is 9.50. The molecule has 7 nitrogen and oxygen atoms in total. The second-order valence-electron chi connectivity index (χ2n) is 12.5. The zero-order valence-corrected chi connectivity index (χ0v) is 25.0. The first-order valence-electron chi connectivity index (χ1n) is 14.6. The van der Waals surface area contributed by atoms with Crippen molar-refractivity contribution in [3.05, 3.63) is 63.1 Å². The summed E-state index contributed by atoms with van der Waals surface area (Å²) in [5, 5.41) is 19.5. The molecule has 2 atom stereocenters. The van der Waals surface area contributed by atoms with Gasteiger partial charge < -0.3 is 19.8 Å². The maximum atomic E-state index is 14.7. The Kier molecular flexibility index (Phi) is 6.34. The Balaban J connectivity index is 0.965. The van der Waals surface area contributed by atoms with Gasteiger partial charge in [0, 0.05) is 41.7 Å². The van der Waals surface area contributed by atoms with Crippen LogP contribution >= 0.6 is 34.5 Å². The van der Waals surface area contributed by atoms with E-state index in [1.54, 1.807) is 0 Å². The van der Waals surface area contributed by atoms with Gasteiger partial charge in [-0.2, -0.15) is 0 Å². The Labute approximate surface area is 256 Å². The number of thiazole rings is 1. The third-order valence-corrected chi connectivity index (χ3v) is 11.4. The number of fused-ring (bicyclic) bond motifs is 3. The van der Waals surface area contributed by atoms with Crippen molar-refractivity contribution >= 4 is 55.9 Å². The number of carboxylic acids is 1. The lowest BCUT2D eigenvalue weighted by Crippen LogP contribution is -2.57. The Morgan fingerprint density at radius 3 is 2.50 bits per heavy atom. The molecule has 4 aliphatic rings. The minimum absolute atomic E-state index is 0.0404. The molecule has 2 aromatic carbocycles. The van der Waals surface area contributed by atoms with E-state index in [1.807, 2.05) is 18.2 Å². The van der Waals surface area contributed by atoms with Crippen LogP contribution in [0, 0.1) is 11.2 Å². The number of carbonyl (C=O) groups is 1. The van der Waals surface area contributed by atoms with Crippen molar-refractivity contribution in [3.8, 4) is 11.3 Å². The molecule has 0 radical (unpaired) electrons. The van der Waals surface area contributed by atoms with E-state index in [4.69, 9.17) is 27.7 Å². The topological polar surface area (TPSA) is 91.5 Å². The van der Waals surface area contributed by atoms with Crippen LogP contribution in [0.5, 0.6) is 0 Å². The highest BCUT2D eigenvalue weighted by Crippen LogP contribution is 2.57.